The van der Waals surface area contributed by atoms with E-state index < -0.39 is 5.97 Å². The summed E-state index contributed by atoms with van der Waals surface area (Å²) in [6, 6.07) is 7.56. The van der Waals surface area contributed by atoms with Crippen molar-refractivity contribution >= 4 is 17.6 Å². The Morgan fingerprint density at radius 2 is 1.93 bits per heavy atom. The van der Waals surface area contributed by atoms with Crippen LogP contribution in [0.5, 0.6) is 0 Å². The lowest BCUT2D eigenvalue weighted by Crippen LogP contribution is -2.43. The van der Waals surface area contributed by atoms with Gasteiger partial charge < -0.3 is 15.0 Å². The van der Waals surface area contributed by atoms with Gasteiger partial charge in [-0.2, -0.15) is 5.10 Å². The lowest BCUT2D eigenvalue weighted by atomic mass is 10.1. The van der Waals surface area contributed by atoms with Gasteiger partial charge in [0.1, 0.15) is 0 Å². The largest absolute Gasteiger partial charge is 0.464 e. The van der Waals surface area contributed by atoms with Gasteiger partial charge in [0.15, 0.2) is 5.69 Å². The van der Waals surface area contributed by atoms with Gasteiger partial charge in [0.2, 0.25) is 0 Å². The Morgan fingerprint density at radius 1 is 1.19 bits per heavy atom. The number of nitrogens with one attached hydrogen (secondary N) is 1. The Morgan fingerprint density at radius 3 is 2.63 bits per heavy atom. The fraction of sp³-hybridized carbons (Fsp3) is 0.421. The van der Waals surface area contributed by atoms with Crippen LogP contribution < -0.4 is 5.32 Å². The molecule has 8 heteroatoms. The van der Waals surface area contributed by atoms with E-state index in [4.69, 9.17) is 4.74 Å². The Bertz CT molecular complexity index is 825. The molecule has 0 radical (unpaired) electrons. The molecule has 1 fully saturated rings. The normalized spacial score (nSPS) is 15.5. The number of nitrogens with zero attached hydrogens (tertiary/aromatic N) is 4. The van der Waals surface area contributed by atoms with Crippen molar-refractivity contribution in [2.24, 2.45) is 7.05 Å². The second-order valence-corrected chi connectivity index (χ2v) is 6.79. The van der Waals surface area contributed by atoms with E-state index in [0.29, 0.717) is 11.3 Å². The summed E-state index contributed by atoms with van der Waals surface area (Å²) in [5.74, 6) is -0.872. The first-order valence-electron chi connectivity index (χ1n) is 8.89. The quantitative estimate of drug-likeness (QED) is 0.796. The number of piperazine rings is 1. The number of aryl methyl sites for hydroxylation is 1. The third kappa shape index (κ3) is 4.72. The number of benzene rings is 1. The van der Waals surface area contributed by atoms with Gasteiger partial charge in [-0.1, -0.05) is 12.1 Å². The van der Waals surface area contributed by atoms with E-state index in [2.05, 4.69) is 27.3 Å². The molecule has 0 unspecified atom stereocenters. The summed E-state index contributed by atoms with van der Waals surface area (Å²) < 4.78 is 6.18. The molecule has 1 saturated heterocycles. The number of methoxy groups -OCH3 is 1. The third-order valence-corrected chi connectivity index (χ3v) is 4.65. The first-order valence-corrected chi connectivity index (χ1v) is 8.89. The molecule has 0 saturated carbocycles. The van der Waals surface area contributed by atoms with E-state index >= 15 is 0 Å². The van der Waals surface area contributed by atoms with Crippen LogP contribution in [-0.2, 0) is 18.3 Å². The molecule has 0 atom stereocenters. The fourth-order valence-electron chi connectivity index (χ4n) is 3.10. The average molecular weight is 371 g/mol. The van der Waals surface area contributed by atoms with E-state index in [1.165, 1.54) is 11.8 Å². The summed E-state index contributed by atoms with van der Waals surface area (Å²) in [4.78, 5) is 29.2. The van der Waals surface area contributed by atoms with Crippen LogP contribution in [-0.4, -0.2) is 71.8 Å². The highest BCUT2D eigenvalue weighted by molar-refractivity contribution is 6.07. The molecule has 0 bridgehead atoms. The molecule has 0 aliphatic carbocycles. The van der Waals surface area contributed by atoms with Crippen molar-refractivity contribution in [3.63, 3.8) is 0 Å². The highest BCUT2D eigenvalue weighted by atomic mass is 16.5. The predicted molar refractivity (Wildman–Crippen MR) is 102 cm³/mol. The Kier molecular flexibility index (Phi) is 5.88. The molecule has 1 aliphatic heterocycles. The van der Waals surface area contributed by atoms with Crippen LogP contribution in [0.4, 0.5) is 5.69 Å². The molecule has 0 spiro atoms. The molecular formula is C19H25N5O3. The lowest BCUT2D eigenvalue weighted by molar-refractivity contribution is 0.0594. The second-order valence-electron chi connectivity index (χ2n) is 6.79. The van der Waals surface area contributed by atoms with Crippen molar-refractivity contribution in [3.05, 3.63) is 47.3 Å². The molecule has 1 aromatic carbocycles. The fourth-order valence-corrected chi connectivity index (χ4v) is 3.10. The van der Waals surface area contributed by atoms with Crippen LogP contribution >= 0.6 is 0 Å². The maximum atomic E-state index is 12.7. The van der Waals surface area contributed by atoms with Crippen LogP contribution in [0, 0.1) is 0 Å². The minimum Gasteiger partial charge on any atom is -0.464 e. The summed E-state index contributed by atoms with van der Waals surface area (Å²) in [7, 11) is 5.09. The van der Waals surface area contributed by atoms with E-state index in [1.54, 1.807) is 19.3 Å². The van der Waals surface area contributed by atoms with Crippen molar-refractivity contribution in [1.29, 1.82) is 0 Å². The summed E-state index contributed by atoms with van der Waals surface area (Å²) in [5, 5.41) is 6.80. The van der Waals surface area contributed by atoms with Gasteiger partial charge in [0.25, 0.3) is 5.91 Å². The maximum Gasteiger partial charge on any atom is 0.360 e. The van der Waals surface area contributed by atoms with Crippen LogP contribution in [0.1, 0.15) is 26.4 Å². The van der Waals surface area contributed by atoms with Crippen molar-refractivity contribution in [2.45, 2.75) is 6.54 Å². The van der Waals surface area contributed by atoms with Crippen molar-refractivity contribution in [3.8, 4) is 0 Å². The number of amides is 1. The molecule has 8 nitrogen and oxygen atoms in total. The number of ether oxygens (including phenoxy) is 1. The summed E-state index contributed by atoms with van der Waals surface area (Å²) in [5.41, 5.74) is 2.05. The first kappa shape index (κ1) is 19.1. The molecule has 3 rings (SSSR count). The summed E-state index contributed by atoms with van der Waals surface area (Å²) in [6.07, 6.45) is 1.58. The van der Waals surface area contributed by atoms with E-state index in [9.17, 15) is 9.59 Å². The van der Waals surface area contributed by atoms with Crippen LogP contribution in [0.25, 0.3) is 0 Å². The standard InChI is InChI=1S/C19H25N5O3/c1-22-7-9-24(10-8-22)12-14-5-4-6-15(11-14)18(25)20-16-13-23(2)21-17(16)19(26)27-3/h4-6,11,13H,7-10,12H2,1-3H3,(H,20,25). The zero-order valence-corrected chi connectivity index (χ0v) is 15.9. The number of aromatic nitrogens is 2. The number of carbonyl (C=O) groups is 2. The monoisotopic (exact) mass is 371 g/mol. The smallest absolute Gasteiger partial charge is 0.360 e. The molecule has 1 aliphatic rings. The van der Waals surface area contributed by atoms with Gasteiger partial charge in [-0.15, -0.1) is 0 Å². The van der Waals surface area contributed by atoms with Crippen molar-refractivity contribution in [2.75, 3.05) is 45.7 Å². The van der Waals surface area contributed by atoms with Gasteiger partial charge in [0, 0.05) is 51.5 Å². The first-order chi connectivity index (χ1) is 13.0. The molecule has 144 valence electrons. The predicted octanol–water partition coefficient (Wildman–Crippen LogP) is 1.21. The van der Waals surface area contributed by atoms with Crippen LogP contribution in [0.2, 0.25) is 0 Å². The molecule has 2 heterocycles. The Hall–Kier alpha value is -2.71. The van der Waals surface area contributed by atoms with Gasteiger partial charge in [-0.3, -0.25) is 14.4 Å². The number of hydrogen-bond donors (Lipinski definition) is 1. The van der Waals surface area contributed by atoms with Crippen molar-refractivity contribution < 1.29 is 14.3 Å². The lowest BCUT2D eigenvalue weighted by Gasteiger charge is -2.32. The molecule has 1 N–H and O–H groups in total. The van der Waals surface area contributed by atoms with Gasteiger partial charge in [-0.05, 0) is 24.7 Å². The molecule has 1 aromatic heterocycles. The average Bonchev–Trinajstić information content (AvgIpc) is 3.03. The SMILES string of the molecule is COC(=O)c1nn(C)cc1NC(=O)c1cccc(CN2CCN(C)CC2)c1. The molecule has 27 heavy (non-hydrogen) atoms. The van der Waals surface area contributed by atoms with Crippen molar-refractivity contribution in [1.82, 2.24) is 19.6 Å². The number of hydrogen-bond acceptors (Lipinski definition) is 6. The minimum absolute atomic E-state index is 0.0851. The van der Waals surface area contributed by atoms with E-state index in [0.717, 1.165) is 38.3 Å². The van der Waals surface area contributed by atoms with Crippen LogP contribution in [0.3, 0.4) is 0 Å². The van der Waals surface area contributed by atoms with E-state index in [1.807, 2.05) is 18.2 Å². The zero-order chi connectivity index (χ0) is 19.4. The van der Waals surface area contributed by atoms with Crippen LogP contribution in [0.15, 0.2) is 30.5 Å². The zero-order valence-electron chi connectivity index (χ0n) is 15.9. The Balaban J connectivity index is 1.70. The van der Waals surface area contributed by atoms with Gasteiger partial charge in [0.05, 0.1) is 12.8 Å². The third-order valence-electron chi connectivity index (χ3n) is 4.65. The number of carbonyl (C=O) groups excluding carboxylic acids is 2. The highest BCUT2D eigenvalue weighted by Gasteiger charge is 2.19. The molecule has 1 amide bonds. The summed E-state index contributed by atoms with van der Waals surface area (Å²) in [6.45, 7) is 4.96. The second kappa shape index (κ2) is 8.32. The number of esters is 1. The topological polar surface area (TPSA) is 79.7 Å². The highest BCUT2D eigenvalue weighted by Crippen LogP contribution is 2.17. The minimum atomic E-state index is -0.588. The number of rotatable bonds is 5. The Labute approximate surface area is 158 Å². The number of anilines is 1. The van der Waals surface area contributed by atoms with Gasteiger partial charge in [-0.25, -0.2) is 4.79 Å². The van der Waals surface area contributed by atoms with Gasteiger partial charge >= 0.3 is 5.97 Å². The maximum absolute atomic E-state index is 12.7. The number of likely N-dealkylation sites (N-methyl/N-ethyl adjacent to an activating group) is 1. The molecular weight excluding hydrogens is 346 g/mol. The van der Waals surface area contributed by atoms with E-state index in [-0.39, 0.29) is 11.6 Å². The molecule has 2 aromatic rings. The summed E-state index contributed by atoms with van der Waals surface area (Å²) >= 11 is 0.